The number of aliphatic hydroxyl groups is 1. The van der Waals surface area contributed by atoms with E-state index in [1.54, 1.807) is 0 Å². The SMILES string of the molecule is CC(C)c1ncc(Oc2cc(Br)cc(F)c2F)c(CO)n1. The van der Waals surface area contributed by atoms with Gasteiger partial charge in [-0.25, -0.2) is 14.4 Å². The average Bonchev–Trinajstić information content (AvgIpc) is 2.44. The number of benzene rings is 1. The van der Waals surface area contributed by atoms with Crippen molar-refractivity contribution in [2.24, 2.45) is 0 Å². The lowest BCUT2D eigenvalue weighted by molar-refractivity contribution is 0.269. The minimum atomic E-state index is -1.12. The summed E-state index contributed by atoms with van der Waals surface area (Å²) in [6.07, 6.45) is 1.34. The molecule has 7 heteroatoms. The third kappa shape index (κ3) is 3.54. The van der Waals surface area contributed by atoms with E-state index in [4.69, 9.17) is 4.74 Å². The molecule has 1 aromatic carbocycles. The second-order valence-electron chi connectivity index (χ2n) is 4.65. The predicted octanol–water partition coefficient (Wildman–Crippen LogP) is 3.93. The van der Waals surface area contributed by atoms with Crippen LogP contribution >= 0.6 is 15.9 Å². The van der Waals surface area contributed by atoms with Crippen molar-refractivity contribution in [1.82, 2.24) is 9.97 Å². The molecule has 0 spiro atoms. The first-order valence-electron chi connectivity index (χ1n) is 6.21. The molecule has 0 aliphatic rings. The van der Waals surface area contributed by atoms with Crippen LogP contribution in [0.2, 0.25) is 0 Å². The number of ether oxygens (including phenoxy) is 1. The van der Waals surface area contributed by atoms with Gasteiger partial charge < -0.3 is 9.84 Å². The summed E-state index contributed by atoms with van der Waals surface area (Å²) in [5.41, 5.74) is 0.216. The van der Waals surface area contributed by atoms with Gasteiger partial charge in [0.05, 0.1) is 12.8 Å². The Labute approximate surface area is 128 Å². The number of aromatic nitrogens is 2. The zero-order chi connectivity index (χ0) is 15.6. The fraction of sp³-hybridized carbons (Fsp3) is 0.286. The van der Waals surface area contributed by atoms with Gasteiger partial charge in [-0.3, -0.25) is 0 Å². The first-order chi connectivity index (χ1) is 9.92. The Balaban J connectivity index is 2.40. The molecule has 2 rings (SSSR count). The van der Waals surface area contributed by atoms with Crippen molar-refractivity contribution >= 4 is 15.9 Å². The van der Waals surface area contributed by atoms with Gasteiger partial charge in [-0.1, -0.05) is 29.8 Å². The van der Waals surface area contributed by atoms with Crippen LogP contribution in [0, 0.1) is 11.6 Å². The minimum absolute atomic E-state index is 0.0735. The van der Waals surface area contributed by atoms with Crippen LogP contribution in [-0.2, 0) is 6.61 Å². The predicted molar refractivity (Wildman–Crippen MR) is 76.2 cm³/mol. The highest BCUT2D eigenvalue weighted by atomic mass is 79.9. The topological polar surface area (TPSA) is 55.2 Å². The molecule has 0 bridgehead atoms. The van der Waals surface area contributed by atoms with E-state index in [1.807, 2.05) is 13.8 Å². The Morgan fingerprint density at radius 1 is 1.29 bits per heavy atom. The normalized spacial score (nSPS) is 11.0. The van der Waals surface area contributed by atoms with Crippen LogP contribution in [0.15, 0.2) is 22.8 Å². The summed E-state index contributed by atoms with van der Waals surface area (Å²) in [7, 11) is 0. The van der Waals surface area contributed by atoms with Crippen molar-refractivity contribution in [2.75, 3.05) is 0 Å². The van der Waals surface area contributed by atoms with Crippen LogP contribution in [-0.4, -0.2) is 15.1 Å². The van der Waals surface area contributed by atoms with Gasteiger partial charge in [-0.05, 0) is 12.1 Å². The van der Waals surface area contributed by atoms with Gasteiger partial charge in [-0.15, -0.1) is 0 Å². The first kappa shape index (κ1) is 15.8. The third-order valence-corrected chi connectivity index (χ3v) is 3.15. The molecule has 1 aromatic heterocycles. The largest absolute Gasteiger partial charge is 0.450 e. The second-order valence-corrected chi connectivity index (χ2v) is 5.57. The number of nitrogens with zero attached hydrogens (tertiary/aromatic N) is 2. The minimum Gasteiger partial charge on any atom is -0.450 e. The summed E-state index contributed by atoms with van der Waals surface area (Å²) in [4.78, 5) is 8.23. The molecule has 4 nitrogen and oxygen atoms in total. The summed E-state index contributed by atoms with van der Waals surface area (Å²) in [5, 5.41) is 9.33. The van der Waals surface area contributed by atoms with Crippen molar-refractivity contribution in [1.29, 1.82) is 0 Å². The first-order valence-corrected chi connectivity index (χ1v) is 7.00. The Bertz CT molecular complexity index is 666. The van der Waals surface area contributed by atoms with Gasteiger partial charge in [0.2, 0.25) is 5.82 Å². The molecule has 1 heterocycles. The molecule has 0 atom stereocenters. The quantitative estimate of drug-likeness (QED) is 0.841. The molecule has 0 saturated carbocycles. The highest BCUT2D eigenvalue weighted by Crippen LogP contribution is 2.31. The average molecular weight is 359 g/mol. The highest BCUT2D eigenvalue weighted by molar-refractivity contribution is 9.10. The maximum atomic E-state index is 13.7. The van der Waals surface area contributed by atoms with Crippen molar-refractivity contribution in [3.63, 3.8) is 0 Å². The maximum Gasteiger partial charge on any atom is 0.201 e. The molecule has 0 saturated heterocycles. The molecule has 0 unspecified atom stereocenters. The van der Waals surface area contributed by atoms with Crippen LogP contribution in [0.1, 0.15) is 31.3 Å². The van der Waals surface area contributed by atoms with Gasteiger partial charge in [0.1, 0.15) is 11.5 Å². The molecule has 112 valence electrons. The molecule has 0 aliphatic heterocycles. The Hall–Kier alpha value is -1.60. The van der Waals surface area contributed by atoms with Crippen LogP contribution in [0.5, 0.6) is 11.5 Å². The van der Waals surface area contributed by atoms with Crippen LogP contribution in [0.3, 0.4) is 0 Å². The van der Waals surface area contributed by atoms with Crippen LogP contribution in [0.25, 0.3) is 0 Å². The van der Waals surface area contributed by atoms with Crippen molar-refractivity contribution in [3.05, 3.63) is 46.0 Å². The summed E-state index contributed by atoms with van der Waals surface area (Å²) in [6.45, 7) is 3.41. The molecule has 21 heavy (non-hydrogen) atoms. The molecule has 0 aliphatic carbocycles. The molecule has 2 aromatic rings. The van der Waals surface area contributed by atoms with Crippen LogP contribution in [0.4, 0.5) is 8.78 Å². The number of hydrogen-bond acceptors (Lipinski definition) is 4. The number of halogens is 3. The number of aliphatic hydroxyl groups excluding tert-OH is 1. The lowest BCUT2D eigenvalue weighted by Crippen LogP contribution is -2.04. The van der Waals surface area contributed by atoms with Gasteiger partial charge in [0.15, 0.2) is 17.3 Å². The monoisotopic (exact) mass is 358 g/mol. The third-order valence-electron chi connectivity index (χ3n) is 2.69. The van der Waals surface area contributed by atoms with Crippen molar-refractivity contribution in [2.45, 2.75) is 26.4 Å². The van der Waals surface area contributed by atoms with E-state index < -0.39 is 18.2 Å². The standard InChI is InChI=1S/C14H13BrF2N2O2/c1-7(2)14-18-5-12(10(6-20)19-14)21-11-4-8(15)3-9(16)13(11)17/h3-5,7,20H,6H2,1-2H3. The van der Waals surface area contributed by atoms with E-state index in [9.17, 15) is 13.9 Å². The van der Waals surface area contributed by atoms with E-state index in [2.05, 4.69) is 25.9 Å². The lowest BCUT2D eigenvalue weighted by atomic mass is 10.2. The summed E-state index contributed by atoms with van der Waals surface area (Å²) < 4.78 is 32.6. The fourth-order valence-electron chi connectivity index (χ4n) is 1.62. The van der Waals surface area contributed by atoms with Gasteiger partial charge in [-0.2, -0.15) is 4.39 Å². The van der Waals surface area contributed by atoms with Crippen LogP contribution < -0.4 is 4.74 Å². The fourth-order valence-corrected chi connectivity index (χ4v) is 2.03. The number of rotatable bonds is 4. The zero-order valence-electron chi connectivity index (χ0n) is 11.4. The molecule has 0 fully saturated rings. The second kappa shape index (κ2) is 6.44. The maximum absolute atomic E-state index is 13.7. The van der Waals surface area contributed by atoms with Crippen molar-refractivity contribution in [3.8, 4) is 11.5 Å². The lowest BCUT2D eigenvalue weighted by Gasteiger charge is -2.12. The highest BCUT2D eigenvalue weighted by Gasteiger charge is 2.16. The van der Waals surface area contributed by atoms with Crippen molar-refractivity contribution < 1.29 is 18.6 Å². The van der Waals surface area contributed by atoms with E-state index in [0.29, 0.717) is 10.3 Å². The molecule has 0 radical (unpaired) electrons. The summed E-state index contributed by atoms with van der Waals surface area (Å²) >= 11 is 3.06. The Morgan fingerprint density at radius 3 is 2.62 bits per heavy atom. The Kier molecular flexibility index (Phi) is 4.84. The molecule has 1 N–H and O–H groups in total. The van der Waals surface area contributed by atoms with Gasteiger partial charge >= 0.3 is 0 Å². The molecule has 0 amide bonds. The Morgan fingerprint density at radius 2 is 2.00 bits per heavy atom. The van der Waals surface area contributed by atoms with Gasteiger partial charge in [0.25, 0.3) is 0 Å². The zero-order valence-corrected chi connectivity index (χ0v) is 13.0. The van der Waals surface area contributed by atoms with Gasteiger partial charge in [0, 0.05) is 10.4 Å². The molecular weight excluding hydrogens is 346 g/mol. The summed E-state index contributed by atoms with van der Waals surface area (Å²) in [6, 6.07) is 2.28. The van der Waals surface area contributed by atoms with E-state index in [-0.39, 0.29) is 23.1 Å². The molecular formula is C14H13BrF2N2O2. The summed E-state index contributed by atoms with van der Waals surface area (Å²) in [5.74, 6) is -1.77. The number of hydrogen-bond donors (Lipinski definition) is 1. The van der Waals surface area contributed by atoms with E-state index in [0.717, 1.165) is 6.07 Å². The smallest absolute Gasteiger partial charge is 0.201 e. The van der Waals surface area contributed by atoms with E-state index in [1.165, 1.54) is 12.3 Å². The van der Waals surface area contributed by atoms with E-state index >= 15 is 0 Å².